The molecule has 2 saturated heterocycles. The number of imidazole rings is 1. The van der Waals surface area contributed by atoms with E-state index in [1.54, 1.807) is 4.90 Å². The van der Waals surface area contributed by atoms with Crippen LogP contribution in [-0.4, -0.2) is 70.6 Å². The van der Waals surface area contributed by atoms with E-state index >= 15 is 0 Å². The molecular weight excluding hydrogens is 332 g/mol. The zero-order chi connectivity index (χ0) is 18.1. The molecule has 0 atom stereocenters. The van der Waals surface area contributed by atoms with E-state index in [1.807, 2.05) is 9.47 Å². The van der Waals surface area contributed by atoms with Gasteiger partial charge >= 0.3 is 0 Å². The summed E-state index contributed by atoms with van der Waals surface area (Å²) in [6, 6.07) is 0. The number of ether oxygens (including phenoxy) is 1. The first kappa shape index (κ1) is 17.5. The molecule has 0 unspecified atom stereocenters. The van der Waals surface area contributed by atoms with E-state index in [0.29, 0.717) is 43.7 Å². The normalized spacial score (nSPS) is 21.6. The number of piperidine rings is 1. The highest BCUT2D eigenvalue weighted by Gasteiger charge is 2.32. The minimum atomic E-state index is -0.0669. The molecule has 142 valence electrons. The maximum atomic E-state index is 13.1. The number of rotatable bonds is 2. The Labute approximate surface area is 154 Å². The minimum Gasteiger partial charge on any atom is -0.378 e. The first-order chi connectivity index (χ1) is 12.6. The zero-order valence-electron chi connectivity index (χ0n) is 15.6. The Balaban J connectivity index is 1.62. The van der Waals surface area contributed by atoms with Gasteiger partial charge in [0.05, 0.1) is 18.9 Å². The lowest BCUT2D eigenvalue weighted by Crippen LogP contribution is -2.42. The van der Waals surface area contributed by atoms with E-state index < -0.39 is 0 Å². The van der Waals surface area contributed by atoms with E-state index in [2.05, 4.69) is 11.9 Å². The molecule has 3 aliphatic rings. The molecular formula is C19H28N4O3. The number of morpholine rings is 1. The van der Waals surface area contributed by atoms with Crippen molar-refractivity contribution in [2.45, 2.75) is 45.6 Å². The van der Waals surface area contributed by atoms with Crippen molar-refractivity contribution in [2.75, 3.05) is 39.4 Å². The predicted octanol–water partition coefficient (Wildman–Crippen LogP) is 1.56. The molecule has 0 bridgehead atoms. The van der Waals surface area contributed by atoms with Crippen LogP contribution in [0.15, 0.2) is 0 Å². The van der Waals surface area contributed by atoms with Gasteiger partial charge in [0.2, 0.25) is 0 Å². The van der Waals surface area contributed by atoms with Gasteiger partial charge in [-0.1, -0.05) is 6.92 Å². The minimum absolute atomic E-state index is 0.00331. The summed E-state index contributed by atoms with van der Waals surface area (Å²) >= 11 is 0. The quantitative estimate of drug-likeness (QED) is 0.803. The van der Waals surface area contributed by atoms with Crippen LogP contribution in [0.1, 0.15) is 59.4 Å². The van der Waals surface area contributed by atoms with Gasteiger partial charge in [-0.15, -0.1) is 0 Å². The standard InChI is InChI=1S/C19H28N4O3/c1-14-5-8-21(9-6-14)18(24)16-15-4-2-3-7-23(15)17(20-16)19(25)22-10-12-26-13-11-22/h14H,2-13H2,1H3. The molecule has 3 aliphatic heterocycles. The summed E-state index contributed by atoms with van der Waals surface area (Å²) in [5, 5.41) is 0. The van der Waals surface area contributed by atoms with Crippen LogP contribution in [0.4, 0.5) is 0 Å². The summed E-state index contributed by atoms with van der Waals surface area (Å²) in [5.41, 5.74) is 1.47. The Morgan fingerprint density at radius 2 is 1.65 bits per heavy atom. The molecule has 0 spiro atoms. The number of amides is 2. The average molecular weight is 360 g/mol. The van der Waals surface area contributed by atoms with Gasteiger partial charge in [0.15, 0.2) is 5.82 Å². The number of fused-ring (bicyclic) bond motifs is 1. The monoisotopic (exact) mass is 360 g/mol. The van der Waals surface area contributed by atoms with Crippen molar-refractivity contribution in [1.82, 2.24) is 19.4 Å². The molecule has 7 heteroatoms. The molecule has 4 heterocycles. The van der Waals surface area contributed by atoms with Gasteiger partial charge < -0.3 is 19.1 Å². The second-order valence-corrected chi connectivity index (χ2v) is 7.72. The van der Waals surface area contributed by atoms with Crippen molar-refractivity contribution in [1.29, 1.82) is 0 Å². The molecule has 4 rings (SSSR count). The maximum absolute atomic E-state index is 13.1. The van der Waals surface area contributed by atoms with Gasteiger partial charge in [-0.05, 0) is 38.0 Å². The van der Waals surface area contributed by atoms with Gasteiger partial charge in [0.1, 0.15) is 5.69 Å². The number of hydrogen-bond acceptors (Lipinski definition) is 4. The highest BCUT2D eigenvalue weighted by molar-refractivity contribution is 5.97. The van der Waals surface area contributed by atoms with Crippen LogP contribution in [0.5, 0.6) is 0 Å². The number of carbonyl (C=O) groups excluding carboxylic acids is 2. The molecule has 2 fully saturated rings. The number of aromatic nitrogens is 2. The summed E-state index contributed by atoms with van der Waals surface area (Å²) < 4.78 is 7.35. The first-order valence-corrected chi connectivity index (χ1v) is 9.91. The molecule has 26 heavy (non-hydrogen) atoms. The highest BCUT2D eigenvalue weighted by atomic mass is 16.5. The van der Waals surface area contributed by atoms with Crippen molar-refractivity contribution < 1.29 is 14.3 Å². The third-order valence-corrected chi connectivity index (χ3v) is 5.88. The van der Waals surface area contributed by atoms with E-state index in [0.717, 1.165) is 57.4 Å². The highest BCUT2D eigenvalue weighted by Crippen LogP contribution is 2.25. The van der Waals surface area contributed by atoms with Crippen LogP contribution in [-0.2, 0) is 17.7 Å². The van der Waals surface area contributed by atoms with Gasteiger partial charge in [0.25, 0.3) is 11.8 Å². The number of carbonyl (C=O) groups is 2. The van der Waals surface area contributed by atoms with Crippen LogP contribution in [0.2, 0.25) is 0 Å². The number of hydrogen-bond donors (Lipinski definition) is 0. The number of nitrogens with zero attached hydrogens (tertiary/aromatic N) is 4. The second kappa shape index (κ2) is 7.39. The Kier molecular flexibility index (Phi) is 4.98. The molecule has 0 radical (unpaired) electrons. The largest absolute Gasteiger partial charge is 0.378 e. The van der Waals surface area contributed by atoms with Gasteiger partial charge in [-0.2, -0.15) is 0 Å². The molecule has 0 aliphatic carbocycles. The Bertz CT molecular complexity index is 685. The van der Waals surface area contributed by atoms with Crippen LogP contribution in [0.25, 0.3) is 0 Å². The van der Waals surface area contributed by atoms with Crippen molar-refractivity contribution in [3.8, 4) is 0 Å². The van der Waals surface area contributed by atoms with Crippen molar-refractivity contribution >= 4 is 11.8 Å². The fourth-order valence-electron chi connectivity index (χ4n) is 4.15. The molecule has 1 aromatic heterocycles. The van der Waals surface area contributed by atoms with E-state index in [9.17, 15) is 9.59 Å². The Morgan fingerprint density at radius 3 is 2.38 bits per heavy atom. The molecule has 1 aromatic rings. The first-order valence-electron chi connectivity index (χ1n) is 9.91. The third kappa shape index (κ3) is 3.24. The Morgan fingerprint density at radius 1 is 0.962 bits per heavy atom. The van der Waals surface area contributed by atoms with Gasteiger partial charge in [-0.3, -0.25) is 9.59 Å². The lowest BCUT2D eigenvalue weighted by atomic mass is 9.98. The van der Waals surface area contributed by atoms with Crippen LogP contribution in [0, 0.1) is 5.92 Å². The van der Waals surface area contributed by atoms with Crippen LogP contribution < -0.4 is 0 Å². The Hall–Kier alpha value is -1.89. The van der Waals surface area contributed by atoms with Crippen LogP contribution >= 0.6 is 0 Å². The second-order valence-electron chi connectivity index (χ2n) is 7.72. The van der Waals surface area contributed by atoms with E-state index in [4.69, 9.17) is 4.74 Å². The maximum Gasteiger partial charge on any atom is 0.290 e. The summed E-state index contributed by atoms with van der Waals surface area (Å²) in [5.74, 6) is 1.05. The van der Waals surface area contributed by atoms with Gasteiger partial charge in [0, 0.05) is 32.7 Å². The fourth-order valence-corrected chi connectivity index (χ4v) is 4.15. The average Bonchev–Trinajstić information content (AvgIpc) is 3.08. The van der Waals surface area contributed by atoms with Crippen molar-refractivity contribution in [2.24, 2.45) is 5.92 Å². The summed E-state index contributed by atoms with van der Waals surface area (Å²) in [4.78, 5) is 34.4. The summed E-state index contributed by atoms with van der Waals surface area (Å²) in [7, 11) is 0. The molecule has 0 N–H and O–H groups in total. The molecule has 7 nitrogen and oxygen atoms in total. The summed E-state index contributed by atoms with van der Waals surface area (Å²) in [6.07, 6.45) is 4.99. The zero-order valence-corrected chi connectivity index (χ0v) is 15.6. The fraction of sp³-hybridized carbons (Fsp3) is 0.737. The SMILES string of the molecule is CC1CCN(C(=O)c2nc(C(=O)N3CCOCC3)n3c2CCCC3)CC1. The van der Waals surface area contributed by atoms with Crippen molar-refractivity contribution in [3.05, 3.63) is 17.2 Å². The third-order valence-electron chi connectivity index (χ3n) is 5.88. The molecule has 2 amide bonds. The van der Waals surface area contributed by atoms with E-state index in [-0.39, 0.29) is 11.8 Å². The lowest BCUT2D eigenvalue weighted by Gasteiger charge is -2.30. The smallest absolute Gasteiger partial charge is 0.290 e. The predicted molar refractivity (Wildman–Crippen MR) is 96.2 cm³/mol. The molecule has 0 saturated carbocycles. The van der Waals surface area contributed by atoms with Gasteiger partial charge in [-0.25, -0.2) is 4.98 Å². The van der Waals surface area contributed by atoms with E-state index in [1.165, 1.54) is 0 Å². The van der Waals surface area contributed by atoms with Crippen molar-refractivity contribution in [3.63, 3.8) is 0 Å². The lowest BCUT2D eigenvalue weighted by molar-refractivity contribution is 0.0291. The number of likely N-dealkylation sites (tertiary alicyclic amines) is 1. The topological polar surface area (TPSA) is 67.7 Å². The summed E-state index contributed by atoms with van der Waals surface area (Å²) in [6.45, 7) is 6.91. The van der Waals surface area contributed by atoms with Crippen LogP contribution in [0.3, 0.4) is 0 Å². The molecule has 0 aromatic carbocycles.